The first-order valence-electron chi connectivity index (χ1n) is 5.75. The summed E-state index contributed by atoms with van der Waals surface area (Å²) < 4.78 is 0. The monoisotopic (exact) mass is 301 g/mol. The molecule has 0 bridgehead atoms. The van der Waals surface area contributed by atoms with E-state index in [1.807, 2.05) is 6.07 Å². The number of nitrogens with one attached hydrogen (secondary N) is 1. The van der Waals surface area contributed by atoms with Gasteiger partial charge in [-0.2, -0.15) is 0 Å². The van der Waals surface area contributed by atoms with Crippen molar-refractivity contribution in [1.82, 2.24) is 4.98 Å². The van der Waals surface area contributed by atoms with Crippen LogP contribution in [0.25, 0.3) is 0 Å². The molecule has 1 N–H and O–H groups in total. The fraction of sp³-hybridized carbons (Fsp3) is 0. The number of halogens is 1. The summed E-state index contributed by atoms with van der Waals surface area (Å²) >= 11 is 5.66. The molecule has 0 aliphatic heterocycles. The van der Waals surface area contributed by atoms with Crippen LogP contribution in [0.15, 0.2) is 42.5 Å². The van der Waals surface area contributed by atoms with Gasteiger partial charge in [0.25, 0.3) is 0 Å². The summed E-state index contributed by atoms with van der Waals surface area (Å²) in [5.74, 6) is 4.02. The standard InChI is InChI=1S/C14H8ClN3O3/c15-12-8-7-11(18(20)21)14(16-12)17-13(19)9-6-10-4-2-1-3-5-10/h1-5,7-8H,(H,16,17,19). The van der Waals surface area contributed by atoms with Gasteiger partial charge in [-0.05, 0) is 18.2 Å². The van der Waals surface area contributed by atoms with Gasteiger partial charge in [0.2, 0.25) is 5.82 Å². The van der Waals surface area contributed by atoms with Gasteiger partial charge in [0.1, 0.15) is 5.15 Å². The van der Waals surface area contributed by atoms with Crippen LogP contribution in [0.3, 0.4) is 0 Å². The van der Waals surface area contributed by atoms with E-state index in [4.69, 9.17) is 11.6 Å². The third-order valence-corrected chi connectivity index (χ3v) is 2.57. The molecule has 0 spiro atoms. The summed E-state index contributed by atoms with van der Waals surface area (Å²) in [7, 11) is 0. The molecule has 1 heterocycles. The van der Waals surface area contributed by atoms with Crippen molar-refractivity contribution in [1.29, 1.82) is 0 Å². The first-order chi connectivity index (χ1) is 10.1. The van der Waals surface area contributed by atoms with Gasteiger partial charge in [0.05, 0.1) is 4.92 Å². The number of hydrogen-bond donors (Lipinski definition) is 1. The van der Waals surface area contributed by atoms with Crippen molar-refractivity contribution < 1.29 is 9.72 Å². The molecule has 21 heavy (non-hydrogen) atoms. The molecule has 1 aromatic heterocycles. The normalized spacial score (nSPS) is 9.38. The van der Waals surface area contributed by atoms with E-state index in [2.05, 4.69) is 22.1 Å². The van der Waals surface area contributed by atoms with Crippen molar-refractivity contribution in [3.05, 3.63) is 63.3 Å². The van der Waals surface area contributed by atoms with Crippen molar-refractivity contribution in [2.45, 2.75) is 0 Å². The number of nitro groups is 1. The van der Waals surface area contributed by atoms with Crippen LogP contribution >= 0.6 is 11.6 Å². The van der Waals surface area contributed by atoms with Gasteiger partial charge in [0, 0.05) is 17.6 Å². The maximum Gasteiger partial charge on any atom is 0.311 e. The largest absolute Gasteiger partial charge is 0.311 e. The van der Waals surface area contributed by atoms with Crippen LogP contribution < -0.4 is 5.32 Å². The number of carbonyl (C=O) groups excluding carboxylic acids is 1. The van der Waals surface area contributed by atoms with Gasteiger partial charge in [-0.1, -0.05) is 35.7 Å². The molecule has 1 amide bonds. The van der Waals surface area contributed by atoms with Crippen LogP contribution in [0.1, 0.15) is 5.56 Å². The van der Waals surface area contributed by atoms with E-state index in [0.29, 0.717) is 5.56 Å². The van der Waals surface area contributed by atoms with Gasteiger partial charge in [-0.25, -0.2) is 4.98 Å². The Balaban J connectivity index is 2.19. The van der Waals surface area contributed by atoms with Crippen LogP contribution in [0.4, 0.5) is 11.5 Å². The summed E-state index contributed by atoms with van der Waals surface area (Å²) in [6.45, 7) is 0. The second-order valence-corrected chi connectivity index (χ2v) is 4.22. The van der Waals surface area contributed by atoms with E-state index >= 15 is 0 Å². The Labute approximate surface area is 124 Å². The maximum absolute atomic E-state index is 11.7. The summed E-state index contributed by atoms with van der Waals surface area (Å²) in [5, 5.41) is 13.1. The average Bonchev–Trinajstić information content (AvgIpc) is 2.46. The molecule has 6 nitrogen and oxygen atoms in total. The number of benzene rings is 1. The van der Waals surface area contributed by atoms with Crippen molar-refractivity contribution in [3.8, 4) is 11.8 Å². The highest BCUT2D eigenvalue weighted by Crippen LogP contribution is 2.23. The molecule has 1 aromatic carbocycles. The second-order valence-electron chi connectivity index (χ2n) is 3.83. The van der Waals surface area contributed by atoms with Gasteiger partial charge in [-0.15, -0.1) is 0 Å². The fourth-order valence-electron chi connectivity index (χ4n) is 1.46. The van der Waals surface area contributed by atoms with Crippen molar-refractivity contribution >= 4 is 29.0 Å². The van der Waals surface area contributed by atoms with Gasteiger partial charge >= 0.3 is 11.6 Å². The molecule has 2 aromatic rings. The lowest BCUT2D eigenvalue weighted by atomic mass is 10.2. The fourth-order valence-corrected chi connectivity index (χ4v) is 1.60. The molecule has 0 fully saturated rings. The van der Waals surface area contributed by atoms with Crippen molar-refractivity contribution in [3.63, 3.8) is 0 Å². The SMILES string of the molecule is O=C(C#Cc1ccccc1)Nc1nc(Cl)ccc1[N+](=O)[O-]. The van der Waals surface area contributed by atoms with E-state index < -0.39 is 10.8 Å². The molecular formula is C14H8ClN3O3. The quantitative estimate of drug-likeness (QED) is 0.400. The maximum atomic E-state index is 11.7. The smallest absolute Gasteiger partial charge is 0.294 e. The predicted molar refractivity (Wildman–Crippen MR) is 77.9 cm³/mol. The zero-order valence-electron chi connectivity index (χ0n) is 10.5. The molecule has 0 aliphatic rings. The minimum atomic E-state index is -0.711. The Kier molecular flexibility index (Phi) is 4.49. The van der Waals surface area contributed by atoms with Crippen LogP contribution in [0, 0.1) is 22.0 Å². The molecule has 0 unspecified atom stereocenters. The second kappa shape index (κ2) is 6.50. The summed E-state index contributed by atoms with van der Waals surface area (Å²) in [6.07, 6.45) is 0. The number of hydrogen-bond acceptors (Lipinski definition) is 4. The molecule has 7 heteroatoms. The molecule has 2 rings (SSSR count). The minimum Gasteiger partial charge on any atom is -0.294 e. The molecule has 0 radical (unpaired) electrons. The molecular weight excluding hydrogens is 294 g/mol. The number of carbonyl (C=O) groups is 1. The highest BCUT2D eigenvalue weighted by atomic mass is 35.5. The Morgan fingerprint density at radius 3 is 2.62 bits per heavy atom. The van der Waals surface area contributed by atoms with Gasteiger partial charge < -0.3 is 0 Å². The lowest BCUT2D eigenvalue weighted by Crippen LogP contribution is -2.11. The lowest BCUT2D eigenvalue weighted by Gasteiger charge is -2.01. The summed E-state index contributed by atoms with van der Waals surface area (Å²) in [6, 6.07) is 11.3. The van der Waals surface area contributed by atoms with Gasteiger partial charge in [0.15, 0.2) is 0 Å². The van der Waals surface area contributed by atoms with E-state index in [0.717, 1.165) is 6.07 Å². The average molecular weight is 302 g/mol. The van der Waals surface area contributed by atoms with Crippen LogP contribution in [0.5, 0.6) is 0 Å². The minimum absolute atomic E-state index is 0.0342. The molecule has 104 valence electrons. The Morgan fingerprint density at radius 2 is 1.95 bits per heavy atom. The van der Waals surface area contributed by atoms with E-state index in [-0.39, 0.29) is 16.7 Å². The zero-order chi connectivity index (χ0) is 15.2. The highest BCUT2D eigenvalue weighted by molar-refractivity contribution is 6.29. The Hall–Kier alpha value is -2.91. The third kappa shape index (κ3) is 4.03. The number of anilines is 1. The van der Waals surface area contributed by atoms with Crippen molar-refractivity contribution in [2.75, 3.05) is 5.32 Å². The predicted octanol–water partition coefficient (Wildman–Crippen LogP) is 2.63. The number of aromatic nitrogens is 1. The Morgan fingerprint density at radius 1 is 1.24 bits per heavy atom. The first-order valence-corrected chi connectivity index (χ1v) is 6.13. The summed E-state index contributed by atoms with van der Waals surface area (Å²) in [5.41, 5.74) is 0.301. The number of amides is 1. The molecule has 0 saturated carbocycles. The first kappa shape index (κ1) is 14.5. The third-order valence-electron chi connectivity index (χ3n) is 2.36. The van der Waals surface area contributed by atoms with Crippen molar-refractivity contribution in [2.24, 2.45) is 0 Å². The lowest BCUT2D eigenvalue weighted by molar-refractivity contribution is -0.384. The van der Waals surface area contributed by atoms with Crippen LogP contribution in [0.2, 0.25) is 5.15 Å². The summed E-state index contributed by atoms with van der Waals surface area (Å²) in [4.78, 5) is 25.6. The zero-order valence-corrected chi connectivity index (χ0v) is 11.3. The van der Waals surface area contributed by atoms with E-state index in [9.17, 15) is 14.9 Å². The number of nitrogens with zero attached hydrogens (tertiary/aromatic N) is 2. The number of rotatable bonds is 2. The molecule has 0 atom stereocenters. The van der Waals surface area contributed by atoms with Crippen LogP contribution in [-0.4, -0.2) is 15.8 Å². The van der Waals surface area contributed by atoms with Gasteiger partial charge in [-0.3, -0.25) is 20.2 Å². The van der Waals surface area contributed by atoms with E-state index in [1.165, 1.54) is 6.07 Å². The van der Waals surface area contributed by atoms with Crippen LogP contribution in [-0.2, 0) is 4.79 Å². The molecule has 0 aliphatic carbocycles. The number of pyridine rings is 1. The molecule has 0 saturated heterocycles. The van der Waals surface area contributed by atoms with E-state index in [1.54, 1.807) is 24.3 Å². The topological polar surface area (TPSA) is 85.1 Å². The highest BCUT2D eigenvalue weighted by Gasteiger charge is 2.17. The Bertz CT molecular complexity index is 751.